The summed E-state index contributed by atoms with van der Waals surface area (Å²) < 4.78 is 29.3. The maximum absolute atomic E-state index is 13.7. The molecule has 0 bridgehead atoms. The number of hydrogen-bond donors (Lipinski definition) is 1. The fourth-order valence-electron chi connectivity index (χ4n) is 5.39. The lowest BCUT2D eigenvalue weighted by atomic mass is 9.99. The van der Waals surface area contributed by atoms with Crippen LogP contribution < -0.4 is 10.2 Å². The number of nitro groups is 1. The molecule has 0 aliphatic carbocycles. The highest BCUT2D eigenvalue weighted by molar-refractivity contribution is 5.94. The van der Waals surface area contributed by atoms with Gasteiger partial charge in [-0.3, -0.25) is 14.9 Å². The van der Waals surface area contributed by atoms with Crippen LogP contribution in [0.3, 0.4) is 0 Å². The molecule has 13 heteroatoms. The highest BCUT2D eigenvalue weighted by atomic mass is 19.1. The number of carbonyl (C=O) groups excluding carboxylic acids is 1. The van der Waals surface area contributed by atoms with Crippen molar-refractivity contribution in [2.45, 2.75) is 46.1 Å². The van der Waals surface area contributed by atoms with E-state index < -0.39 is 22.5 Å². The molecule has 1 unspecified atom stereocenters. The highest BCUT2D eigenvalue weighted by Gasteiger charge is 2.26. The summed E-state index contributed by atoms with van der Waals surface area (Å²) in [6.45, 7) is 7.03. The van der Waals surface area contributed by atoms with E-state index in [9.17, 15) is 23.7 Å². The largest absolute Gasteiger partial charge is 0.368 e. The van der Waals surface area contributed by atoms with Crippen LogP contribution in [0.25, 0.3) is 11.2 Å². The average Bonchev–Trinajstić information content (AvgIpc) is 3.43. The molecule has 1 aliphatic rings. The van der Waals surface area contributed by atoms with Gasteiger partial charge in [-0.15, -0.1) is 0 Å². The van der Waals surface area contributed by atoms with Crippen molar-refractivity contribution in [3.63, 3.8) is 0 Å². The van der Waals surface area contributed by atoms with Crippen LogP contribution in [-0.4, -0.2) is 68.0 Å². The van der Waals surface area contributed by atoms with Gasteiger partial charge >= 0.3 is 0 Å². The van der Waals surface area contributed by atoms with Crippen molar-refractivity contribution in [3.05, 3.63) is 81.7 Å². The third kappa shape index (κ3) is 7.09. The number of carbonyl (C=O) groups is 1. The zero-order chi connectivity index (χ0) is 31.2. The molecule has 232 valence electrons. The standard InChI is InChI=1S/C31H36F2N8O3/c1-3-5-6-21(4-2)18-34-28-27-29(40(20-35-27)19-22-7-9-26(10-8-22)41(43)44)37-31(36-28)39-13-11-38(12-14-39)30(42)23-15-24(32)17-25(33)16-23/h7-10,15-17,20-21H,3-6,11-14,18-19H2,1-2H3,(H,34,36,37). The first kappa shape index (κ1) is 30.8. The number of imidazole rings is 1. The van der Waals surface area contributed by atoms with Gasteiger partial charge in [0.15, 0.2) is 17.0 Å². The molecule has 2 aromatic heterocycles. The Morgan fingerprint density at radius 1 is 1.05 bits per heavy atom. The maximum Gasteiger partial charge on any atom is 0.269 e. The van der Waals surface area contributed by atoms with Gasteiger partial charge in [0.2, 0.25) is 5.95 Å². The van der Waals surface area contributed by atoms with Crippen molar-refractivity contribution in [2.24, 2.45) is 5.92 Å². The summed E-state index contributed by atoms with van der Waals surface area (Å²) in [5, 5.41) is 14.6. The lowest BCUT2D eigenvalue weighted by Crippen LogP contribution is -2.49. The van der Waals surface area contributed by atoms with Crippen molar-refractivity contribution in [1.29, 1.82) is 0 Å². The Bertz CT molecular complexity index is 1600. The SMILES string of the molecule is CCCCC(CC)CNc1nc(N2CCN(C(=O)c3cc(F)cc(F)c3)CC2)nc2c1ncn2Cc1ccc([N+](=O)[O-])cc1. The molecule has 1 N–H and O–H groups in total. The van der Waals surface area contributed by atoms with Crippen molar-refractivity contribution in [3.8, 4) is 0 Å². The molecule has 2 aromatic carbocycles. The Hall–Kier alpha value is -4.68. The van der Waals surface area contributed by atoms with Gasteiger partial charge in [-0.1, -0.05) is 45.2 Å². The number of piperazine rings is 1. The first-order chi connectivity index (χ1) is 21.2. The van der Waals surface area contributed by atoms with Crippen molar-refractivity contribution >= 4 is 34.5 Å². The Morgan fingerprint density at radius 2 is 1.75 bits per heavy atom. The molecule has 1 saturated heterocycles. The normalized spacial score (nSPS) is 14.2. The van der Waals surface area contributed by atoms with E-state index in [1.165, 1.54) is 12.1 Å². The van der Waals surface area contributed by atoms with E-state index in [1.807, 2.05) is 9.47 Å². The van der Waals surface area contributed by atoms with Crippen molar-refractivity contribution < 1.29 is 18.5 Å². The van der Waals surface area contributed by atoms with Gasteiger partial charge in [-0.2, -0.15) is 9.97 Å². The minimum atomic E-state index is -0.793. The molecule has 3 heterocycles. The minimum absolute atomic E-state index is 0.0223. The summed E-state index contributed by atoms with van der Waals surface area (Å²) in [5.41, 5.74) is 2.10. The van der Waals surface area contributed by atoms with Gasteiger partial charge in [0.25, 0.3) is 11.6 Å². The number of aromatic nitrogens is 4. The molecule has 1 amide bonds. The van der Waals surface area contributed by atoms with Crippen LogP contribution in [0.15, 0.2) is 48.8 Å². The van der Waals surface area contributed by atoms with Gasteiger partial charge in [0, 0.05) is 56.5 Å². The van der Waals surface area contributed by atoms with Gasteiger partial charge in [0.05, 0.1) is 17.8 Å². The average molecular weight is 607 g/mol. The highest BCUT2D eigenvalue weighted by Crippen LogP contribution is 2.26. The predicted molar refractivity (Wildman–Crippen MR) is 164 cm³/mol. The number of nitro benzene ring substituents is 1. The number of non-ortho nitro benzene ring substituents is 1. The van der Waals surface area contributed by atoms with Crippen LogP contribution in [0.1, 0.15) is 55.5 Å². The van der Waals surface area contributed by atoms with E-state index in [0.29, 0.717) is 61.6 Å². The Kier molecular flexibility index (Phi) is 9.61. The van der Waals surface area contributed by atoms with E-state index in [1.54, 1.807) is 23.4 Å². The predicted octanol–water partition coefficient (Wildman–Crippen LogP) is 5.65. The van der Waals surface area contributed by atoms with Gasteiger partial charge in [-0.05, 0) is 30.0 Å². The summed E-state index contributed by atoms with van der Waals surface area (Å²) in [5.74, 6) is -0.432. The molecule has 1 fully saturated rings. The van der Waals surface area contributed by atoms with Crippen LogP contribution in [0, 0.1) is 27.7 Å². The summed E-state index contributed by atoms with van der Waals surface area (Å²) in [4.78, 5) is 41.5. The molecule has 11 nitrogen and oxygen atoms in total. The molecule has 5 rings (SSSR count). The number of nitrogens with zero attached hydrogens (tertiary/aromatic N) is 7. The van der Waals surface area contributed by atoms with E-state index in [0.717, 1.165) is 56.0 Å². The Labute approximate surface area is 254 Å². The summed E-state index contributed by atoms with van der Waals surface area (Å²) >= 11 is 0. The number of hydrogen-bond acceptors (Lipinski definition) is 8. The molecular formula is C31H36F2N8O3. The molecule has 0 saturated carbocycles. The number of unbranched alkanes of at least 4 members (excludes halogenated alkanes) is 1. The molecule has 44 heavy (non-hydrogen) atoms. The third-order valence-corrected chi connectivity index (χ3v) is 8.01. The second-order valence-corrected chi connectivity index (χ2v) is 11.1. The van der Waals surface area contributed by atoms with E-state index >= 15 is 0 Å². The van der Waals surface area contributed by atoms with Crippen LogP contribution in [0.4, 0.5) is 26.2 Å². The van der Waals surface area contributed by atoms with Crippen LogP contribution >= 0.6 is 0 Å². The van der Waals surface area contributed by atoms with Gasteiger partial charge in [-0.25, -0.2) is 13.8 Å². The zero-order valence-corrected chi connectivity index (χ0v) is 24.9. The zero-order valence-electron chi connectivity index (χ0n) is 24.9. The van der Waals surface area contributed by atoms with Gasteiger partial charge < -0.3 is 19.7 Å². The van der Waals surface area contributed by atoms with Gasteiger partial charge in [0.1, 0.15) is 11.6 Å². The van der Waals surface area contributed by atoms with E-state index in [-0.39, 0.29) is 11.3 Å². The molecule has 0 spiro atoms. The Morgan fingerprint density at radius 3 is 2.39 bits per heavy atom. The number of nitrogens with one attached hydrogen (secondary N) is 1. The van der Waals surface area contributed by atoms with Crippen molar-refractivity contribution in [1.82, 2.24) is 24.4 Å². The van der Waals surface area contributed by atoms with E-state index in [2.05, 4.69) is 24.1 Å². The molecule has 0 radical (unpaired) electrons. The minimum Gasteiger partial charge on any atom is -0.368 e. The lowest BCUT2D eigenvalue weighted by molar-refractivity contribution is -0.384. The number of benzene rings is 2. The fraction of sp³-hybridized carbons (Fsp3) is 0.419. The quantitative estimate of drug-likeness (QED) is 0.162. The maximum atomic E-state index is 13.7. The summed E-state index contributed by atoms with van der Waals surface area (Å²) in [6.07, 6.45) is 6.13. The van der Waals surface area contributed by atoms with Crippen LogP contribution in [0.5, 0.6) is 0 Å². The second-order valence-electron chi connectivity index (χ2n) is 11.1. The lowest BCUT2D eigenvalue weighted by Gasteiger charge is -2.35. The van der Waals surface area contributed by atoms with Crippen LogP contribution in [-0.2, 0) is 6.54 Å². The monoisotopic (exact) mass is 606 g/mol. The summed E-state index contributed by atoms with van der Waals surface area (Å²) in [7, 11) is 0. The van der Waals surface area contributed by atoms with E-state index in [4.69, 9.17) is 9.97 Å². The third-order valence-electron chi connectivity index (χ3n) is 8.01. The molecular weight excluding hydrogens is 570 g/mol. The van der Waals surface area contributed by atoms with Crippen molar-refractivity contribution in [2.75, 3.05) is 42.9 Å². The fourth-order valence-corrected chi connectivity index (χ4v) is 5.39. The topological polar surface area (TPSA) is 122 Å². The number of halogens is 2. The molecule has 1 aliphatic heterocycles. The number of fused-ring (bicyclic) bond motifs is 1. The molecule has 1 atom stereocenters. The second kappa shape index (κ2) is 13.7. The first-order valence-electron chi connectivity index (χ1n) is 15.0. The van der Waals surface area contributed by atoms with Crippen LogP contribution in [0.2, 0.25) is 0 Å². The molecule has 4 aromatic rings. The number of rotatable bonds is 12. The number of anilines is 2. The summed E-state index contributed by atoms with van der Waals surface area (Å²) in [6, 6.07) is 9.21. The first-order valence-corrected chi connectivity index (χ1v) is 15.0. The number of amides is 1. The Balaban J connectivity index is 1.39. The smallest absolute Gasteiger partial charge is 0.269 e.